The second-order valence-electron chi connectivity index (χ2n) is 9.82. The molecule has 3 nitrogen and oxygen atoms in total. The normalized spacial score (nSPS) is 23.6. The van der Waals surface area contributed by atoms with Crippen molar-refractivity contribution in [3.8, 4) is 0 Å². The minimum absolute atomic E-state index is 0. The third-order valence-electron chi connectivity index (χ3n) is 7.00. The van der Waals surface area contributed by atoms with Gasteiger partial charge in [-0.05, 0) is 66.7 Å². The second-order valence-corrected chi connectivity index (χ2v) is 9.82. The number of furan rings is 1. The highest BCUT2D eigenvalue weighted by molar-refractivity contribution is 5.85. The molecule has 0 N–H and O–H groups in total. The van der Waals surface area contributed by atoms with Crippen LogP contribution < -0.4 is 4.90 Å². The molecular formula is C25H37ClN2O. The summed E-state index contributed by atoms with van der Waals surface area (Å²) in [6.45, 7) is 12.6. The topological polar surface area (TPSA) is 19.6 Å². The molecule has 0 spiro atoms. The lowest BCUT2D eigenvalue weighted by Gasteiger charge is -2.40. The molecule has 1 aromatic heterocycles. The van der Waals surface area contributed by atoms with Crippen LogP contribution in [0.4, 0.5) is 5.69 Å². The van der Waals surface area contributed by atoms with Crippen molar-refractivity contribution in [3.63, 3.8) is 0 Å². The summed E-state index contributed by atoms with van der Waals surface area (Å²) in [6.07, 6.45) is 7.21. The Morgan fingerprint density at radius 2 is 1.59 bits per heavy atom. The van der Waals surface area contributed by atoms with Gasteiger partial charge in [-0.3, -0.25) is 4.90 Å². The molecule has 0 radical (unpaired) electrons. The third kappa shape index (κ3) is 5.38. The maximum absolute atomic E-state index is 5.52. The summed E-state index contributed by atoms with van der Waals surface area (Å²) in [7, 11) is 0. The Labute approximate surface area is 182 Å². The van der Waals surface area contributed by atoms with E-state index in [1.165, 1.54) is 31.4 Å². The first-order valence-electron chi connectivity index (χ1n) is 11.1. The van der Waals surface area contributed by atoms with Gasteiger partial charge in [0, 0.05) is 31.9 Å². The molecule has 1 saturated carbocycles. The lowest BCUT2D eigenvalue weighted by atomic mass is 9.68. The van der Waals surface area contributed by atoms with Crippen LogP contribution in [-0.2, 0) is 6.54 Å². The predicted octanol–water partition coefficient (Wildman–Crippen LogP) is 6.34. The van der Waals surface area contributed by atoms with Crippen LogP contribution in [0.3, 0.4) is 0 Å². The van der Waals surface area contributed by atoms with Crippen molar-refractivity contribution < 1.29 is 4.42 Å². The van der Waals surface area contributed by atoms with Gasteiger partial charge in [0.2, 0.25) is 0 Å². The molecule has 0 bridgehead atoms. The molecule has 0 unspecified atom stereocenters. The Morgan fingerprint density at radius 3 is 2.21 bits per heavy atom. The molecule has 4 rings (SSSR count). The molecule has 1 aliphatic carbocycles. The zero-order valence-corrected chi connectivity index (χ0v) is 19.1. The molecule has 2 heterocycles. The Bertz CT molecular complexity index is 736. The quantitative estimate of drug-likeness (QED) is 0.579. The van der Waals surface area contributed by atoms with Gasteiger partial charge in [-0.25, -0.2) is 0 Å². The summed E-state index contributed by atoms with van der Waals surface area (Å²) >= 11 is 0. The molecule has 4 heteroatoms. The second kappa shape index (κ2) is 9.57. The van der Waals surface area contributed by atoms with E-state index in [0.717, 1.165) is 50.3 Å². The first-order chi connectivity index (χ1) is 13.5. The van der Waals surface area contributed by atoms with Crippen LogP contribution >= 0.6 is 12.4 Å². The van der Waals surface area contributed by atoms with Gasteiger partial charge >= 0.3 is 0 Å². The lowest BCUT2D eigenvalue weighted by Crippen LogP contribution is -2.46. The summed E-state index contributed by atoms with van der Waals surface area (Å²) in [5.74, 6) is 2.68. The van der Waals surface area contributed by atoms with Crippen LogP contribution in [0.2, 0.25) is 0 Å². The van der Waals surface area contributed by atoms with Crippen LogP contribution in [-0.4, -0.2) is 31.1 Å². The van der Waals surface area contributed by atoms with Crippen LogP contribution in [0, 0.1) is 11.3 Å². The minimum atomic E-state index is 0. The average Bonchev–Trinajstić information content (AvgIpc) is 3.21. The van der Waals surface area contributed by atoms with E-state index in [2.05, 4.69) is 60.9 Å². The van der Waals surface area contributed by atoms with Gasteiger partial charge in [-0.1, -0.05) is 39.0 Å². The summed E-state index contributed by atoms with van der Waals surface area (Å²) in [5.41, 5.74) is 3.53. The molecule has 0 amide bonds. The summed E-state index contributed by atoms with van der Waals surface area (Å²) in [5, 5.41) is 0. The number of para-hydroxylation sites is 1. The van der Waals surface area contributed by atoms with Gasteiger partial charge in [0.05, 0.1) is 12.8 Å². The number of anilines is 1. The fraction of sp³-hybridized carbons (Fsp3) is 0.600. The molecule has 2 fully saturated rings. The summed E-state index contributed by atoms with van der Waals surface area (Å²) in [4.78, 5) is 5.12. The number of halogens is 1. The fourth-order valence-corrected chi connectivity index (χ4v) is 5.16. The smallest absolute Gasteiger partial charge is 0.117 e. The van der Waals surface area contributed by atoms with Gasteiger partial charge in [0.15, 0.2) is 0 Å². The Kier molecular flexibility index (Phi) is 7.34. The highest BCUT2D eigenvalue weighted by atomic mass is 35.5. The van der Waals surface area contributed by atoms with E-state index in [1.54, 1.807) is 11.8 Å². The van der Waals surface area contributed by atoms with Crippen molar-refractivity contribution in [1.82, 2.24) is 4.90 Å². The van der Waals surface area contributed by atoms with Crippen LogP contribution in [0.1, 0.15) is 63.7 Å². The van der Waals surface area contributed by atoms with Crippen molar-refractivity contribution in [1.29, 1.82) is 0 Å². The predicted molar refractivity (Wildman–Crippen MR) is 124 cm³/mol. The number of benzene rings is 1. The van der Waals surface area contributed by atoms with E-state index in [4.69, 9.17) is 4.42 Å². The Balaban J connectivity index is 0.00000240. The summed E-state index contributed by atoms with van der Waals surface area (Å²) < 4.78 is 5.52. The van der Waals surface area contributed by atoms with Crippen molar-refractivity contribution in [2.45, 2.75) is 58.9 Å². The number of piperazine rings is 1. The molecule has 1 saturated heterocycles. The monoisotopic (exact) mass is 416 g/mol. The Morgan fingerprint density at radius 1 is 0.897 bits per heavy atom. The van der Waals surface area contributed by atoms with Crippen molar-refractivity contribution in [2.24, 2.45) is 11.3 Å². The van der Waals surface area contributed by atoms with Gasteiger partial charge in [-0.15, -0.1) is 12.4 Å². The zero-order chi connectivity index (χ0) is 19.6. The van der Waals surface area contributed by atoms with Crippen LogP contribution in [0.25, 0.3) is 0 Å². The van der Waals surface area contributed by atoms with Crippen molar-refractivity contribution in [3.05, 3.63) is 54.0 Å². The molecule has 2 aliphatic rings. The lowest BCUT2D eigenvalue weighted by molar-refractivity contribution is 0.169. The SMILES string of the molecule is CC(C)(C)C1CCC(c2ccccc2N2CCN(Cc3ccco3)CC2)CC1.Cl. The van der Waals surface area contributed by atoms with Gasteiger partial charge < -0.3 is 9.32 Å². The molecule has 29 heavy (non-hydrogen) atoms. The minimum Gasteiger partial charge on any atom is -0.468 e. The molecule has 160 valence electrons. The molecule has 2 aromatic rings. The fourth-order valence-electron chi connectivity index (χ4n) is 5.16. The zero-order valence-electron chi connectivity index (χ0n) is 18.3. The largest absolute Gasteiger partial charge is 0.468 e. The van der Waals surface area contributed by atoms with E-state index < -0.39 is 0 Å². The van der Waals surface area contributed by atoms with Crippen LogP contribution in [0.15, 0.2) is 47.1 Å². The van der Waals surface area contributed by atoms with Gasteiger partial charge in [0.1, 0.15) is 5.76 Å². The maximum Gasteiger partial charge on any atom is 0.117 e. The molecular weight excluding hydrogens is 380 g/mol. The average molecular weight is 417 g/mol. The van der Waals surface area contributed by atoms with E-state index in [9.17, 15) is 0 Å². The van der Waals surface area contributed by atoms with Crippen molar-refractivity contribution >= 4 is 18.1 Å². The third-order valence-corrected chi connectivity index (χ3v) is 7.00. The summed E-state index contributed by atoms with van der Waals surface area (Å²) in [6, 6.07) is 13.3. The van der Waals surface area contributed by atoms with Crippen molar-refractivity contribution in [2.75, 3.05) is 31.1 Å². The number of hydrogen-bond donors (Lipinski definition) is 0. The highest BCUT2D eigenvalue weighted by Gasteiger charge is 2.31. The highest BCUT2D eigenvalue weighted by Crippen LogP contribution is 2.45. The number of hydrogen-bond acceptors (Lipinski definition) is 3. The maximum atomic E-state index is 5.52. The van der Waals surface area contributed by atoms with E-state index in [0.29, 0.717) is 5.41 Å². The molecule has 1 aromatic carbocycles. The van der Waals surface area contributed by atoms with E-state index in [-0.39, 0.29) is 12.4 Å². The standard InChI is InChI=1S/C25H36N2O.ClH/c1-25(2,3)21-12-10-20(11-13-21)23-8-4-5-9-24(23)27-16-14-26(15-17-27)19-22-7-6-18-28-22;/h4-9,18,20-21H,10-17,19H2,1-3H3;1H. The van der Waals surface area contributed by atoms with Crippen LogP contribution in [0.5, 0.6) is 0 Å². The van der Waals surface area contributed by atoms with E-state index >= 15 is 0 Å². The van der Waals surface area contributed by atoms with Gasteiger partial charge in [-0.2, -0.15) is 0 Å². The van der Waals surface area contributed by atoms with E-state index in [1.807, 2.05) is 6.07 Å². The number of nitrogens with zero attached hydrogens (tertiary/aromatic N) is 2. The molecule has 0 atom stereocenters. The first kappa shape index (κ1) is 22.2. The Hall–Kier alpha value is -1.45. The first-order valence-corrected chi connectivity index (χ1v) is 11.1. The molecule has 1 aliphatic heterocycles. The van der Waals surface area contributed by atoms with Gasteiger partial charge in [0.25, 0.3) is 0 Å². The number of rotatable bonds is 4.